The van der Waals surface area contributed by atoms with Crippen molar-refractivity contribution < 1.29 is 24.2 Å². The summed E-state index contributed by atoms with van der Waals surface area (Å²) in [5, 5.41) is 13.7. The molecule has 1 atom stereocenters. The first-order valence-corrected chi connectivity index (χ1v) is 10.5. The number of nitrogens with one attached hydrogen (secondary N) is 2. The quantitative estimate of drug-likeness (QED) is 0.554. The molecule has 1 aliphatic rings. The largest absolute Gasteiger partial charge is 0.472 e. The fourth-order valence-corrected chi connectivity index (χ4v) is 3.74. The molecule has 0 saturated carbocycles. The van der Waals surface area contributed by atoms with Gasteiger partial charge in [0.2, 0.25) is 5.91 Å². The van der Waals surface area contributed by atoms with Crippen molar-refractivity contribution in [3.05, 3.63) is 59.7 Å². The molecule has 2 amide bonds. The van der Waals surface area contributed by atoms with Gasteiger partial charge in [-0.3, -0.25) is 4.79 Å². The Morgan fingerprint density at radius 3 is 2.28 bits per heavy atom. The van der Waals surface area contributed by atoms with Gasteiger partial charge in [-0.15, -0.1) is 0 Å². The van der Waals surface area contributed by atoms with Gasteiger partial charge < -0.3 is 20.5 Å². The second-order valence-electron chi connectivity index (χ2n) is 7.73. The van der Waals surface area contributed by atoms with Gasteiger partial charge in [0.1, 0.15) is 6.61 Å². The highest BCUT2D eigenvalue weighted by atomic mass is 16.5. The second kappa shape index (κ2) is 11.0. The second-order valence-corrected chi connectivity index (χ2v) is 7.73. The van der Waals surface area contributed by atoms with Crippen molar-refractivity contribution in [2.24, 2.45) is 5.92 Å². The molecule has 0 saturated heterocycles. The van der Waals surface area contributed by atoms with Crippen molar-refractivity contribution in [1.82, 2.24) is 10.6 Å². The van der Waals surface area contributed by atoms with Crippen LogP contribution in [0.25, 0.3) is 11.1 Å². The van der Waals surface area contributed by atoms with Crippen LogP contribution in [-0.2, 0) is 14.3 Å². The molecule has 0 spiro atoms. The van der Waals surface area contributed by atoms with Crippen molar-refractivity contribution in [2.75, 3.05) is 19.7 Å². The molecule has 1 unspecified atom stereocenters. The summed E-state index contributed by atoms with van der Waals surface area (Å²) in [7, 11) is 0. The monoisotopic (exact) mass is 434 g/mol. The van der Waals surface area contributed by atoms with Crippen molar-refractivity contribution >= 4 is 18.0 Å². The molecule has 0 heterocycles. The molecule has 0 bridgehead atoms. The molecule has 0 fully saturated rings. The summed E-state index contributed by atoms with van der Waals surface area (Å²) in [4.78, 5) is 34.2. The molecule has 1 aliphatic carbocycles. The van der Waals surface area contributed by atoms with Gasteiger partial charge in [-0.1, -0.05) is 61.4 Å². The Morgan fingerprint density at radius 1 is 1.03 bits per heavy atom. The van der Waals surface area contributed by atoms with E-state index < -0.39 is 12.1 Å². The molecule has 7 nitrogen and oxygen atoms in total. The summed E-state index contributed by atoms with van der Waals surface area (Å²) in [5.74, 6) is 2.92. The topological polar surface area (TPSA) is 105 Å². The number of fused-ring (bicyclic) bond motifs is 3. The van der Waals surface area contributed by atoms with Gasteiger partial charge in [0.25, 0.3) is 0 Å². The van der Waals surface area contributed by atoms with E-state index in [0.29, 0.717) is 13.0 Å². The number of alkyl carbamates (subject to hydrolysis) is 1. The van der Waals surface area contributed by atoms with Crippen LogP contribution in [0.2, 0.25) is 0 Å². The lowest BCUT2D eigenvalue weighted by atomic mass is 9.98. The van der Waals surface area contributed by atoms with Crippen LogP contribution in [-0.4, -0.2) is 42.8 Å². The third-order valence-corrected chi connectivity index (χ3v) is 5.37. The van der Waals surface area contributed by atoms with Crippen LogP contribution in [0.3, 0.4) is 0 Å². The molecule has 0 aliphatic heterocycles. The number of hydrogen-bond acceptors (Lipinski definition) is 4. The number of ether oxygens (including phenoxy) is 1. The molecule has 3 N–H and O–H groups in total. The Balaban J connectivity index is 1.40. The van der Waals surface area contributed by atoms with E-state index in [1.54, 1.807) is 0 Å². The zero-order chi connectivity index (χ0) is 22.9. The van der Waals surface area contributed by atoms with Crippen LogP contribution in [0.5, 0.6) is 0 Å². The normalized spacial score (nSPS) is 12.5. The van der Waals surface area contributed by atoms with Gasteiger partial charge in [0.05, 0.1) is 6.54 Å². The maximum absolute atomic E-state index is 12.2. The minimum absolute atomic E-state index is 0.00247. The first kappa shape index (κ1) is 22.9. The van der Waals surface area contributed by atoms with Crippen LogP contribution >= 0.6 is 0 Å². The van der Waals surface area contributed by atoms with Crippen molar-refractivity contribution in [3.8, 4) is 23.0 Å². The maximum atomic E-state index is 12.2. The average molecular weight is 434 g/mol. The average Bonchev–Trinajstić information content (AvgIpc) is 3.11. The molecular formula is C25H26N2O5. The van der Waals surface area contributed by atoms with Gasteiger partial charge in [0, 0.05) is 24.8 Å². The van der Waals surface area contributed by atoms with E-state index >= 15 is 0 Å². The number of aliphatic carboxylic acids is 1. The van der Waals surface area contributed by atoms with Crippen LogP contribution < -0.4 is 10.6 Å². The number of benzene rings is 2. The molecule has 0 radical (unpaired) electrons. The van der Waals surface area contributed by atoms with Gasteiger partial charge in [-0.05, 0) is 34.6 Å². The highest BCUT2D eigenvalue weighted by Crippen LogP contribution is 2.44. The SMILES string of the molecule is CC(CCC(=O)NCC#CC(=O)O)CNC(=O)OCC1c2ccccc2-c2ccccc21. The van der Waals surface area contributed by atoms with E-state index in [1.165, 1.54) is 11.1 Å². The molecule has 2 aromatic rings. The molecule has 7 heteroatoms. The van der Waals surface area contributed by atoms with Crippen molar-refractivity contribution in [2.45, 2.75) is 25.7 Å². The summed E-state index contributed by atoms with van der Waals surface area (Å²) in [6.07, 6.45) is 0.358. The maximum Gasteiger partial charge on any atom is 0.407 e. The molecule has 32 heavy (non-hydrogen) atoms. The summed E-state index contributed by atoms with van der Waals surface area (Å²) >= 11 is 0. The third-order valence-electron chi connectivity index (χ3n) is 5.37. The number of carboxylic acid groups (broad SMARTS) is 1. The summed E-state index contributed by atoms with van der Waals surface area (Å²) < 4.78 is 5.51. The number of rotatable bonds is 8. The molecule has 3 rings (SSSR count). The van der Waals surface area contributed by atoms with E-state index in [-0.39, 0.29) is 37.3 Å². The number of carbonyl (C=O) groups excluding carboxylic acids is 2. The zero-order valence-corrected chi connectivity index (χ0v) is 17.9. The van der Waals surface area contributed by atoms with E-state index in [0.717, 1.165) is 11.1 Å². The number of amides is 2. The van der Waals surface area contributed by atoms with E-state index in [9.17, 15) is 14.4 Å². The minimum Gasteiger partial charge on any atom is -0.472 e. The molecular weight excluding hydrogens is 408 g/mol. The molecule has 0 aromatic heterocycles. The predicted octanol–water partition coefficient (Wildman–Crippen LogP) is 3.15. The predicted molar refractivity (Wildman–Crippen MR) is 120 cm³/mol. The Kier molecular flexibility index (Phi) is 7.87. The lowest BCUT2D eigenvalue weighted by Gasteiger charge is -2.16. The van der Waals surface area contributed by atoms with E-state index in [2.05, 4.69) is 40.8 Å². The first-order chi connectivity index (χ1) is 15.5. The highest BCUT2D eigenvalue weighted by Gasteiger charge is 2.28. The van der Waals surface area contributed by atoms with Gasteiger partial charge in [-0.2, -0.15) is 0 Å². The zero-order valence-electron chi connectivity index (χ0n) is 17.9. The lowest BCUT2D eigenvalue weighted by Crippen LogP contribution is -2.31. The van der Waals surface area contributed by atoms with Crippen LogP contribution in [0, 0.1) is 17.8 Å². The highest BCUT2D eigenvalue weighted by molar-refractivity contribution is 5.86. The van der Waals surface area contributed by atoms with Crippen molar-refractivity contribution in [1.29, 1.82) is 0 Å². The Labute approximate surface area is 187 Å². The third kappa shape index (κ3) is 6.11. The van der Waals surface area contributed by atoms with Gasteiger partial charge in [0.15, 0.2) is 0 Å². The van der Waals surface area contributed by atoms with Crippen LogP contribution in [0.4, 0.5) is 4.79 Å². The number of carbonyl (C=O) groups is 3. The van der Waals surface area contributed by atoms with Crippen LogP contribution in [0.1, 0.15) is 36.8 Å². The Bertz CT molecular complexity index is 1010. The summed E-state index contributed by atoms with van der Waals surface area (Å²) in [6.45, 7) is 2.58. The lowest BCUT2D eigenvalue weighted by molar-refractivity contribution is -0.130. The minimum atomic E-state index is -1.23. The molecule has 2 aromatic carbocycles. The van der Waals surface area contributed by atoms with Gasteiger partial charge >= 0.3 is 12.1 Å². The standard InChI is InChI=1S/C25H26N2O5/c1-17(12-13-23(28)26-14-6-11-24(29)30)15-27-25(31)32-16-22-20-9-4-2-7-18(20)19-8-3-5-10-21(19)22/h2-5,7-10,17,22H,12-16H2,1H3,(H,26,28)(H,27,31)(H,29,30). The van der Waals surface area contributed by atoms with E-state index in [4.69, 9.17) is 9.84 Å². The summed E-state index contributed by atoms with van der Waals surface area (Å²) in [6, 6.07) is 16.3. The summed E-state index contributed by atoms with van der Waals surface area (Å²) in [5.41, 5.74) is 4.68. The number of hydrogen-bond donors (Lipinski definition) is 3. The van der Waals surface area contributed by atoms with E-state index in [1.807, 2.05) is 37.1 Å². The fourth-order valence-electron chi connectivity index (χ4n) is 3.74. The smallest absolute Gasteiger partial charge is 0.407 e. The Hall–Kier alpha value is -3.79. The van der Waals surface area contributed by atoms with Crippen LogP contribution in [0.15, 0.2) is 48.5 Å². The molecule has 166 valence electrons. The van der Waals surface area contributed by atoms with Gasteiger partial charge in [-0.25, -0.2) is 9.59 Å². The Morgan fingerprint density at radius 2 is 1.66 bits per heavy atom. The fraction of sp³-hybridized carbons (Fsp3) is 0.320. The first-order valence-electron chi connectivity index (χ1n) is 10.5. The number of carboxylic acids is 1. The van der Waals surface area contributed by atoms with Crippen molar-refractivity contribution in [3.63, 3.8) is 0 Å².